The number of rotatable bonds is 11. The Morgan fingerprint density at radius 2 is 1.90 bits per heavy atom. The molecule has 0 atom stereocenters. The Hall–Kier alpha value is -1.66. The van der Waals surface area contributed by atoms with Gasteiger partial charge in [-0.1, -0.05) is 13.8 Å². The molecule has 6 nitrogen and oxygen atoms in total. The van der Waals surface area contributed by atoms with Gasteiger partial charge in [0, 0.05) is 19.2 Å². The van der Waals surface area contributed by atoms with Crippen LogP contribution < -0.4 is 5.32 Å². The van der Waals surface area contributed by atoms with E-state index in [1.54, 1.807) is 12.1 Å². The zero-order valence-electron chi connectivity index (χ0n) is 12.8. The van der Waals surface area contributed by atoms with E-state index in [4.69, 9.17) is 9.47 Å². The summed E-state index contributed by atoms with van der Waals surface area (Å²) < 4.78 is 10.8. The molecule has 1 aromatic carbocycles. The number of benzene rings is 1. The Morgan fingerprint density at radius 1 is 1.14 bits per heavy atom. The molecule has 1 rings (SSSR count). The molecule has 0 fully saturated rings. The molecule has 1 aromatic rings. The highest BCUT2D eigenvalue weighted by atomic mass is 16.6. The monoisotopic (exact) mass is 296 g/mol. The van der Waals surface area contributed by atoms with Crippen molar-refractivity contribution >= 4 is 11.4 Å². The molecule has 1 N–H and O–H groups in total. The highest BCUT2D eigenvalue weighted by molar-refractivity contribution is 5.62. The van der Waals surface area contributed by atoms with E-state index in [0.717, 1.165) is 25.0 Å². The Labute approximate surface area is 125 Å². The molecule has 21 heavy (non-hydrogen) atoms. The van der Waals surface area contributed by atoms with Gasteiger partial charge in [0.15, 0.2) is 0 Å². The second-order valence-electron chi connectivity index (χ2n) is 4.70. The average molecular weight is 296 g/mol. The first-order valence-electron chi connectivity index (χ1n) is 7.35. The second-order valence-corrected chi connectivity index (χ2v) is 4.70. The van der Waals surface area contributed by atoms with E-state index in [1.165, 1.54) is 6.07 Å². The third-order valence-electron chi connectivity index (χ3n) is 2.81. The number of nitrogens with one attached hydrogen (secondary N) is 1. The Morgan fingerprint density at radius 3 is 2.57 bits per heavy atom. The van der Waals surface area contributed by atoms with Crippen LogP contribution in [0.2, 0.25) is 0 Å². The minimum absolute atomic E-state index is 0.0958. The van der Waals surface area contributed by atoms with Crippen LogP contribution in [0.25, 0.3) is 0 Å². The van der Waals surface area contributed by atoms with E-state index in [2.05, 4.69) is 12.2 Å². The predicted molar refractivity (Wildman–Crippen MR) is 82.6 cm³/mol. The molecule has 0 unspecified atom stereocenters. The van der Waals surface area contributed by atoms with E-state index in [9.17, 15) is 10.1 Å². The molecule has 0 aliphatic carbocycles. The summed E-state index contributed by atoms with van der Waals surface area (Å²) in [7, 11) is 0. The lowest BCUT2D eigenvalue weighted by Crippen LogP contribution is -2.06. The standard InChI is InChI=1S/C15H24N2O4/c1-3-7-16-14-11-13(5-6-15(14)17(18)19)12-21-10-9-20-8-4-2/h5-6,11,16H,3-4,7-10,12H2,1-2H3. The minimum atomic E-state index is -0.374. The third-order valence-corrected chi connectivity index (χ3v) is 2.81. The zero-order chi connectivity index (χ0) is 15.5. The van der Waals surface area contributed by atoms with Gasteiger partial charge in [0.2, 0.25) is 0 Å². The van der Waals surface area contributed by atoms with Crippen molar-refractivity contribution in [2.24, 2.45) is 0 Å². The molecule has 0 radical (unpaired) electrons. The maximum Gasteiger partial charge on any atom is 0.292 e. The maximum absolute atomic E-state index is 11.0. The van der Waals surface area contributed by atoms with Crippen molar-refractivity contribution in [3.05, 3.63) is 33.9 Å². The quantitative estimate of drug-likeness (QED) is 0.385. The minimum Gasteiger partial charge on any atom is -0.379 e. The number of hydrogen-bond donors (Lipinski definition) is 1. The molecular formula is C15H24N2O4. The van der Waals surface area contributed by atoms with Crippen molar-refractivity contribution in [1.82, 2.24) is 0 Å². The second kappa shape index (κ2) is 10.1. The van der Waals surface area contributed by atoms with Crippen LogP contribution >= 0.6 is 0 Å². The molecule has 0 spiro atoms. The number of nitro groups is 1. The fourth-order valence-corrected chi connectivity index (χ4v) is 1.79. The topological polar surface area (TPSA) is 73.6 Å². The number of nitrogens with zero attached hydrogens (tertiary/aromatic N) is 1. The van der Waals surface area contributed by atoms with Crippen LogP contribution in [0, 0.1) is 10.1 Å². The van der Waals surface area contributed by atoms with Crippen LogP contribution in [0.5, 0.6) is 0 Å². The molecule has 0 heterocycles. The van der Waals surface area contributed by atoms with E-state index in [-0.39, 0.29) is 10.6 Å². The first-order valence-corrected chi connectivity index (χ1v) is 7.35. The lowest BCUT2D eigenvalue weighted by molar-refractivity contribution is -0.384. The molecule has 6 heteroatoms. The predicted octanol–water partition coefficient (Wildman–Crippen LogP) is 3.36. The summed E-state index contributed by atoms with van der Waals surface area (Å²) in [5.74, 6) is 0. The van der Waals surface area contributed by atoms with Gasteiger partial charge in [-0.2, -0.15) is 0 Å². The van der Waals surface area contributed by atoms with Crippen molar-refractivity contribution in [3.63, 3.8) is 0 Å². The van der Waals surface area contributed by atoms with Gasteiger partial charge in [0.25, 0.3) is 5.69 Å². The van der Waals surface area contributed by atoms with Crippen LogP contribution in [-0.2, 0) is 16.1 Å². The van der Waals surface area contributed by atoms with Crippen molar-refractivity contribution in [2.75, 3.05) is 31.7 Å². The number of ether oxygens (including phenoxy) is 2. The Balaban J connectivity index is 2.52. The molecule has 0 aromatic heterocycles. The molecule has 0 saturated heterocycles. The van der Waals surface area contributed by atoms with Crippen molar-refractivity contribution in [3.8, 4) is 0 Å². The summed E-state index contributed by atoms with van der Waals surface area (Å²) in [6.07, 6.45) is 1.90. The molecule has 0 bridgehead atoms. The maximum atomic E-state index is 11.0. The van der Waals surface area contributed by atoms with E-state index in [1.807, 2.05) is 6.92 Å². The van der Waals surface area contributed by atoms with Crippen molar-refractivity contribution in [2.45, 2.75) is 33.3 Å². The highest BCUT2D eigenvalue weighted by Crippen LogP contribution is 2.25. The average Bonchev–Trinajstić information content (AvgIpc) is 2.48. The normalized spacial score (nSPS) is 10.6. The zero-order valence-corrected chi connectivity index (χ0v) is 12.8. The number of hydrogen-bond acceptors (Lipinski definition) is 5. The lowest BCUT2D eigenvalue weighted by atomic mass is 10.2. The Bertz CT molecular complexity index is 438. The van der Waals surface area contributed by atoms with Crippen LogP contribution in [0.15, 0.2) is 18.2 Å². The fourth-order valence-electron chi connectivity index (χ4n) is 1.79. The van der Waals surface area contributed by atoms with E-state index in [0.29, 0.717) is 32.1 Å². The fraction of sp³-hybridized carbons (Fsp3) is 0.600. The van der Waals surface area contributed by atoms with Gasteiger partial charge < -0.3 is 14.8 Å². The summed E-state index contributed by atoms with van der Waals surface area (Å²) in [5, 5.41) is 14.1. The van der Waals surface area contributed by atoms with Crippen molar-refractivity contribution < 1.29 is 14.4 Å². The van der Waals surface area contributed by atoms with Gasteiger partial charge in [0.05, 0.1) is 24.7 Å². The molecular weight excluding hydrogens is 272 g/mol. The van der Waals surface area contributed by atoms with Gasteiger partial charge >= 0.3 is 0 Å². The van der Waals surface area contributed by atoms with Gasteiger partial charge in [-0.05, 0) is 30.5 Å². The molecule has 0 aliphatic heterocycles. The van der Waals surface area contributed by atoms with Gasteiger partial charge in [-0.15, -0.1) is 0 Å². The summed E-state index contributed by atoms with van der Waals surface area (Å²) in [4.78, 5) is 10.6. The first-order chi connectivity index (χ1) is 10.2. The molecule has 0 saturated carbocycles. The van der Waals surface area contributed by atoms with Crippen LogP contribution in [0.1, 0.15) is 32.3 Å². The number of anilines is 1. The summed E-state index contributed by atoms with van der Waals surface area (Å²) >= 11 is 0. The smallest absolute Gasteiger partial charge is 0.292 e. The largest absolute Gasteiger partial charge is 0.379 e. The van der Waals surface area contributed by atoms with Gasteiger partial charge in [-0.25, -0.2) is 0 Å². The summed E-state index contributed by atoms with van der Waals surface area (Å²) in [6, 6.07) is 5.02. The molecule has 118 valence electrons. The van der Waals surface area contributed by atoms with Crippen LogP contribution in [0.4, 0.5) is 11.4 Å². The Kier molecular flexibility index (Phi) is 8.38. The first kappa shape index (κ1) is 17.4. The highest BCUT2D eigenvalue weighted by Gasteiger charge is 2.13. The third kappa shape index (κ3) is 6.55. The van der Waals surface area contributed by atoms with Gasteiger partial charge in [-0.3, -0.25) is 10.1 Å². The van der Waals surface area contributed by atoms with Crippen molar-refractivity contribution in [1.29, 1.82) is 0 Å². The van der Waals surface area contributed by atoms with E-state index >= 15 is 0 Å². The molecule has 0 amide bonds. The lowest BCUT2D eigenvalue weighted by Gasteiger charge is -2.09. The number of nitro benzene ring substituents is 1. The van der Waals surface area contributed by atoms with Crippen LogP contribution in [-0.4, -0.2) is 31.3 Å². The van der Waals surface area contributed by atoms with Gasteiger partial charge in [0.1, 0.15) is 5.69 Å². The van der Waals surface area contributed by atoms with Crippen LogP contribution in [0.3, 0.4) is 0 Å². The summed E-state index contributed by atoms with van der Waals surface area (Å²) in [5.41, 5.74) is 1.55. The molecule has 0 aliphatic rings. The summed E-state index contributed by atoms with van der Waals surface area (Å²) in [6.45, 7) is 7.04. The van der Waals surface area contributed by atoms with E-state index < -0.39 is 0 Å². The SMILES string of the molecule is CCCNc1cc(COCCOCCC)ccc1[N+](=O)[O-].